The third-order valence-electron chi connectivity index (χ3n) is 5.87. The highest BCUT2D eigenvalue weighted by Crippen LogP contribution is 2.51. The molecule has 0 spiro atoms. The summed E-state index contributed by atoms with van der Waals surface area (Å²) in [5.41, 5.74) is 0.0679. The second-order valence-corrected chi connectivity index (χ2v) is 10.4. The molecule has 150 valence electrons. The summed E-state index contributed by atoms with van der Waals surface area (Å²) >= 11 is 0. The minimum absolute atomic E-state index is 0. The summed E-state index contributed by atoms with van der Waals surface area (Å²) in [4.78, 5) is 4.68. The molecule has 2 N–H and O–H groups in total. The van der Waals surface area contributed by atoms with Crippen molar-refractivity contribution in [3.63, 3.8) is 0 Å². The molecule has 0 aromatic heterocycles. The molecule has 8 heteroatoms. The van der Waals surface area contributed by atoms with Gasteiger partial charge in [0.15, 0.2) is 15.8 Å². The summed E-state index contributed by atoms with van der Waals surface area (Å²) in [7, 11) is -2.85. The Balaban J connectivity index is 0.00000243. The largest absolute Gasteiger partial charge is 0.377 e. The molecule has 4 atom stereocenters. The van der Waals surface area contributed by atoms with Gasteiger partial charge in [0.2, 0.25) is 0 Å². The van der Waals surface area contributed by atoms with Gasteiger partial charge in [0.05, 0.1) is 17.6 Å². The fourth-order valence-corrected chi connectivity index (χ4v) is 6.37. The maximum absolute atomic E-state index is 11.6. The first-order valence-electron chi connectivity index (χ1n) is 9.31. The molecule has 2 saturated heterocycles. The SMILES string of the molecule is C=CCNC(=NCC1CCS(=O)(=O)C1)NC1C2CCCOC2C1(C)C.I. The third kappa shape index (κ3) is 4.73. The van der Waals surface area contributed by atoms with Crippen LogP contribution in [-0.4, -0.2) is 57.7 Å². The van der Waals surface area contributed by atoms with E-state index in [0.29, 0.717) is 43.3 Å². The molecule has 3 rings (SSSR count). The highest BCUT2D eigenvalue weighted by molar-refractivity contribution is 14.0. The molecule has 4 unspecified atom stereocenters. The van der Waals surface area contributed by atoms with Gasteiger partial charge in [-0.1, -0.05) is 19.9 Å². The molecule has 0 bridgehead atoms. The molecule has 0 aromatic rings. The molecule has 1 saturated carbocycles. The van der Waals surface area contributed by atoms with Crippen LogP contribution in [0.3, 0.4) is 0 Å². The van der Waals surface area contributed by atoms with E-state index in [1.54, 1.807) is 6.08 Å². The van der Waals surface area contributed by atoms with E-state index in [1.807, 2.05) is 0 Å². The Labute approximate surface area is 174 Å². The van der Waals surface area contributed by atoms with E-state index < -0.39 is 9.84 Å². The van der Waals surface area contributed by atoms with Crippen molar-refractivity contribution >= 4 is 39.8 Å². The quantitative estimate of drug-likeness (QED) is 0.263. The van der Waals surface area contributed by atoms with E-state index in [2.05, 4.69) is 36.1 Å². The monoisotopic (exact) mass is 497 g/mol. The van der Waals surface area contributed by atoms with E-state index in [9.17, 15) is 8.42 Å². The van der Waals surface area contributed by atoms with Gasteiger partial charge >= 0.3 is 0 Å². The Bertz CT molecular complexity index is 636. The second-order valence-electron chi connectivity index (χ2n) is 8.17. The zero-order valence-corrected chi connectivity index (χ0v) is 18.9. The number of hydrogen-bond donors (Lipinski definition) is 2. The zero-order chi connectivity index (χ0) is 18.1. The fraction of sp³-hybridized carbons (Fsp3) is 0.833. The molecule has 2 aliphatic heterocycles. The van der Waals surface area contributed by atoms with Crippen molar-refractivity contribution in [1.29, 1.82) is 0 Å². The van der Waals surface area contributed by atoms with Gasteiger partial charge in [-0.15, -0.1) is 30.6 Å². The van der Waals surface area contributed by atoms with Gasteiger partial charge in [-0.05, 0) is 25.2 Å². The summed E-state index contributed by atoms with van der Waals surface area (Å²) < 4.78 is 29.2. The molecule has 0 radical (unpaired) electrons. The lowest BCUT2D eigenvalue weighted by atomic mass is 9.55. The molecule has 1 aliphatic carbocycles. The molecule has 2 heterocycles. The molecule has 3 aliphatic rings. The van der Waals surface area contributed by atoms with Gasteiger partial charge in [0.25, 0.3) is 0 Å². The smallest absolute Gasteiger partial charge is 0.191 e. The van der Waals surface area contributed by atoms with Gasteiger partial charge in [0.1, 0.15) is 0 Å². The average molecular weight is 497 g/mol. The first-order chi connectivity index (χ1) is 11.8. The molecular formula is C18H32IN3O3S. The van der Waals surface area contributed by atoms with Crippen LogP contribution in [0.25, 0.3) is 0 Å². The van der Waals surface area contributed by atoms with Crippen molar-refractivity contribution in [1.82, 2.24) is 10.6 Å². The highest BCUT2D eigenvalue weighted by Gasteiger charge is 2.58. The number of nitrogens with one attached hydrogen (secondary N) is 2. The Morgan fingerprint density at radius 3 is 2.81 bits per heavy atom. The van der Waals surface area contributed by atoms with Crippen LogP contribution in [0.15, 0.2) is 17.6 Å². The van der Waals surface area contributed by atoms with E-state index in [4.69, 9.17) is 4.74 Å². The normalized spacial score (nSPS) is 34.8. The predicted molar refractivity (Wildman–Crippen MR) is 116 cm³/mol. The van der Waals surface area contributed by atoms with Crippen LogP contribution in [0.5, 0.6) is 0 Å². The second kappa shape index (κ2) is 8.77. The van der Waals surface area contributed by atoms with E-state index in [-0.39, 0.29) is 41.1 Å². The lowest BCUT2D eigenvalue weighted by Gasteiger charge is -2.60. The topological polar surface area (TPSA) is 79.8 Å². The summed E-state index contributed by atoms with van der Waals surface area (Å²) in [6, 6.07) is 0.321. The first-order valence-corrected chi connectivity index (χ1v) is 11.1. The number of aliphatic imine (C=N–C) groups is 1. The van der Waals surface area contributed by atoms with Gasteiger partial charge < -0.3 is 15.4 Å². The fourth-order valence-electron chi connectivity index (χ4n) is 4.52. The molecular weight excluding hydrogens is 465 g/mol. The zero-order valence-electron chi connectivity index (χ0n) is 15.7. The van der Waals surface area contributed by atoms with E-state index in [0.717, 1.165) is 19.0 Å². The van der Waals surface area contributed by atoms with Crippen molar-refractivity contribution < 1.29 is 13.2 Å². The third-order valence-corrected chi connectivity index (χ3v) is 7.71. The van der Waals surface area contributed by atoms with Crippen LogP contribution < -0.4 is 10.6 Å². The van der Waals surface area contributed by atoms with E-state index in [1.165, 1.54) is 6.42 Å². The number of ether oxygens (including phenoxy) is 1. The number of sulfone groups is 1. The number of guanidine groups is 1. The van der Waals surface area contributed by atoms with Crippen LogP contribution >= 0.6 is 24.0 Å². The molecule has 0 aromatic carbocycles. The summed E-state index contributed by atoms with van der Waals surface area (Å²) in [6.07, 6.45) is 5.13. The molecule has 6 nitrogen and oxygen atoms in total. The number of hydrogen-bond acceptors (Lipinski definition) is 4. The number of nitrogens with zero attached hydrogens (tertiary/aromatic N) is 1. The lowest BCUT2D eigenvalue weighted by Crippen LogP contribution is -2.71. The van der Waals surface area contributed by atoms with Crippen molar-refractivity contribution in [2.45, 2.75) is 45.3 Å². The Morgan fingerprint density at radius 1 is 1.38 bits per heavy atom. The Morgan fingerprint density at radius 2 is 2.15 bits per heavy atom. The van der Waals surface area contributed by atoms with Gasteiger partial charge in [-0.25, -0.2) is 8.42 Å². The van der Waals surface area contributed by atoms with Crippen molar-refractivity contribution in [3.8, 4) is 0 Å². The number of fused-ring (bicyclic) bond motifs is 1. The van der Waals surface area contributed by atoms with Crippen LogP contribution in [0.1, 0.15) is 33.1 Å². The standard InChI is InChI=1S/C18H31N3O3S.HI/c1-4-8-19-17(20-11-13-7-10-25(22,23)12-13)21-15-14-6-5-9-24-16(14)18(15,2)3;/h4,13-16H,1,5-12H2,2-3H3,(H2,19,20,21);1H. The maximum atomic E-state index is 11.6. The maximum Gasteiger partial charge on any atom is 0.191 e. The summed E-state index contributed by atoms with van der Waals surface area (Å²) in [5, 5.41) is 6.86. The predicted octanol–water partition coefficient (Wildman–Crippen LogP) is 1.96. The Kier molecular flexibility index (Phi) is 7.40. The average Bonchev–Trinajstić information content (AvgIpc) is 2.93. The van der Waals surface area contributed by atoms with E-state index >= 15 is 0 Å². The molecule has 3 fully saturated rings. The van der Waals surface area contributed by atoms with Crippen LogP contribution in [0, 0.1) is 17.3 Å². The molecule has 26 heavy (non-hydrogen) atoms. The van der Waals surface area contributed by atoms with Gasteiger partial charge in [-0.2, -0.15) is 0 Å². The minimum Gasteiger partial charge on any atom is -0.377 e. The van der Waals surface area contributed by atoms with Crippen molar-refractivity contribution in [3.05, 3.63) is 12.7 Å². The van der Waals surface area contributed by atoms with Gasteiger partial charge in [-0.3, -0.25) is 4.99 Å². The Hall–Kier alpha value is -0.350. The highest BCUT2D eigenvalue weighted by atomic mass is 127. The van der Waals surface area contributed by atoms with Crippen molar-refractivity contribution in [2.75, 3.05) is 31.2 Å². The van der Waals surface area contributed by atoms with Gasteiger partial charge in [0, 0.05) is 37.1 Å². The summed E-state index contributed by atoms with van der Waals surface area (Å²) in [5.74, 6) is 1.97. The molecule has 0 amide bonds. The summed E-state index contributed by atoms with van der Waals surface area (Å²) in [6.45, 7) is 10.3. The lowest BCUT2D eigenvalue weighted by molar-refractivity contribution is -0.188. The minimum atomic E-state index is -2.85. The van der Waals surface area contributed by atoms with Crippen LogP contribution in [0.2, 0.25) is 0 Å². The van der Waals surface area contributed by atoms with Crippen LogP contribution in [0.4, 0.5) is 0 Å². The number of rotatable bonds is 5. The van der Waals surface area contributed by atoms with Crippen molar-refractivity contribution in [2.24, 2.45) is 22.2 Å². The first kappa shape index (κ1) is 21.9. The number of halogens is 1. The van der Waals surface area contributed by atoms with Crippen LogP contribution in [-0.2, 0) is 14.6 Å².